The van der Waals surface area contributed by atoms with Crippen molar-refractivity contribution in [1.82, 2.24) is 9.80 Å². The summed E-state index contributed by atoms with van der Waals surface area (Å²) in [5.41, 5.74) is 2.04. The molecule has 7 heteroatoms. The number of nitrogens with zero attached hydrogens (tertiary/aromatic N) is 2. The Morgan fingerprint density at radius 3 is 2.32 bits per heavy atom. The molecule has 0 radical (unpaired) electrons. The van der Waals surface area contributed by atoms with E-state index in [1.54, 1.807) is 4.90 Å². The molecule has 2 heterocycles. The second-order valence-electron chi connectivity index (χ2n) is 6.89. The van der Waals surface area contributed by atoms with Gasteiger partial charge in [-0.2, -0.15) is 0 Å². The lowest BCUT2D eigenvalue weighted by molar-refractivity contribution is -0.142. The molecule has 2 fully saturated rings. The molecular weight excluding hydrogens is 324 g/mol. The zero-order valence-corrected chi connectivity index (χ0v) is 13.9. The fourth-order valence-corrected chi connectivity index (χ4v) is 3.57. The maximum absolute atomic E-state index is 12.0. The molecule has 2 atom stereocenters. The highest BCUT2D eigenvalue weighted by molar-refractivity contribution is 5.86. The lowest BCUT2D eigenvalue weighted by atomic mass is 10.1. The Balaban J connectivity index is 1.60. The maximum Gasteiger partial charge on any atom is 0.308 e. The molecule has 1 aromatic carbocycles. The van der Waals surface area contributed by atoms with Crippen LogP contribution in [0.5, 0.6) is 0 Å². The Hall–Kier alpha value is -2.41. The van der Waals surface area contributed by atoms with Crippen LogP contribution in [0.4, 0.5) is 0 Å². The van der Waals surface area contributed by atoms with Crippen molar-refractivity contribution in [3.8, 4) is 0 Å². The van der Waals surface area contributed by atoms with Gasteiger partial charge in [-0.15, -0.1) is 0 Å². The van der Waals surface area contributed by atoms with E-state index in [0.717, 1.165) is 17.7 Å². The van der Waals surface area contributed by atoms with Crippen molar-refractivity contribution in [2.45, 2.75) is 25.9 Å². The number of hydrogen-bond acceptors (Lipinski definition) is 4. The predicted octanol–water partition coefficient (Wildman–Crippen LogP) is 1.03. The molecule has 0 bridgehead atoms. The molecule has 2 saturated heterocycles. The lowest BCUT2D eigenvalue weighted by Gasteiger charge is -2.18. The van der Waals surface area contributed by atoms with E-state index in [-0.39, 0.29) is 24.8 Å². The monoisotopic (exact) mass is 346 g/mol. The van der Waals surface area contributed by atoms with E-state index in [1.807, 2.05) is 24.3 Å². The maximum atomic E-state index is 12.0. The number of amides is 1. The summed E-state index contributed by atoms with van der Waals surface area (Å²) in [7, 11) is 0. The van der Waals surface area contributed by atoms with E-state index in [1.165, 1.54) is 0 Å². The third-order valence-electron chi connectivity index (χ3n) is 4.96. The Bertz CT molecular complexity index is 690. The molecule has 1 amide bonds. The number of carbonyl (C=O) groups excluding carboxylic acids is 1. The van der Waals surface area contributed by atoms with Gasteiger partial charge in [-0.05, 0) is 24.1 Å². The molecule has 25 heavy (non-hydrogen) atoms. The topological polar surface area (TPSA) is 98.2 Å². The van der Waals surface area contributed by atoms with Crippen LogP contribution >= 0.6 is 0 Å². The third kappa shape index (κ3) is 4.17. The lowest BCUT2D eigenvalue weighted by Crippen LogP contribution is -2.26. The molecule has 7 nitrogen and oxygen atoms in total. The number of likely N-dealkylation sites (tertiary alicyclic amines) is 2. The first-order chi connectivity index (χ1) is 11.9. The van der Waals surface area contributed by atoms with Crippen LogP contribution in [0.2, 0.25) is 0 Å². The Morgan fingerprint density at radius 2 is 1.72 bits per heavy atom. The quantitative estimate of drug-likeness (QED) is 0.798. The van der Waals surface area contributed by atoms with Gasteiger partial charge >= 0.3 is 11.9 Å². The summed E-state index contributed by atoms with van der Waals surface area (Å²) < 4.78 is 0. The van der Waals surface area contributed by atoms with Gasteiger partial charge in [0.15, 0.2) is 0 Å². The van der Waals surface area contributed by atoms with Crippen LogP contribution in [-0.2, 0) is 27.5 Å². The van der Waals surface area contributed by atoms with Gasteiger partial charge < -0.3 is 15.1 Å². The third-order valence-corrected chi connectivity index (χ3v) is 4.96. The van der Waals surface area contributed by atoms with Crippen molar-refractivity contribution in [3.63, 3.8) is 0 Å². The van der Waals surface area contributed by atoms with Gasteiger partial charge in [0.2, 0.25) is 5.91 Å². The number of carbonyl (C=O) groups is 3. The van der Waals surface area contributed by atoms with Crippen molar-refractivity contribution in [2.75, 3.05) is 19.6 Å². The normalized spacial score (nSPS) is 24.0. The predicted molar refractivity (Wildman–Crippen MR) is 88.6 cm³/mol. The number of carboxylic acid groups (broad SMARTS) is 2. The molecule has 1 aromatic rings. The first kappa shape index (κ1) is 17.4. The van der Waals surface area contributed by atoms with Crippen molar-refractivity contribution in [3.05, 3.63) is 35.4 Å². The van der Waals surface area contributed by atoms with Gasteiger partial charge in [0.1, 0.15) is 0 Å². The van der Waals surface area contributed by atoms with Gasteiger partial charge in [-0.1, -0.05) is 24.3 Å². The Labute approximate surface area is 145 Å². The Kier molecular flexibility index (Phi) is 5.03. The number of hydrogen-bond donors (Lipinski definition) is 2. The zero-order chi connectivity index (χ0) is 18.0. The van der Waals surface area contributed by atoms with Crippen LogP contribution in [-0.4, -0.2) is 57.5 Å². The fraction of sp³-hybridized carbons (Fsp3) is 0.500. The molecule has 0 aliphatic carbocycles. The summed E-state index contributed by atoms with van der Waals surface area (Å²) in [6.07, 6.45) is 0.743. The number of benzene rings is 1. The molecule has 3 rings (SSSR count). The van der Waals surface area contributed by atoms with Crippen molar-refractivity contribution in [2.24, 2.45) is 11.8 Å². The summed E-state index contributed by atoms with van der Waals surface area (Å²) in [6, 6.07) is 7.85. The smallest absolute Gasteiger partial charge is 0.308 e. The molecule has 0 spiro atoms. The summed E-state index contributed by atoms with van der Waals surface area (Å²) in [4.78, 5) is 37.8. The van der Waals surface area contributed by atoms with Crippen molar-refractivity contribution >= 4 is 17.8 Å². The Morgan fingerprint density at radius 1 is 1.04 bits per heavy atom. The average molecular weight is 346 g/mol. The minimum absolute atomic E-state index is 0.0688. The van der Waals surface area contributed by atoms with Crippen LogP contribution in [0.1, 0.15) is 24.0 Å². The second-order valence-corrected chi connectivity index (χ2v) is 6.89. The van der Waals surface area contributed by atoms with Crippen molar-refractivity contribution in [1.29, 1.82) is 0 Å². The van der Waals surface area contributed by atoms with Crippen LogP contribution in [0.15, 0.2) is 24.3 Å². The number of rotatable bonds is 6. The average Bonchev–Trinajstić information content (AvgIpc) is 3.15. The molecule has 0 aromatic heterocycles. The van der Waals surface area contributed by atoms with Gasteiger partial charge in [-0.25, -0.2) is 0 Å². The van der Waals surface area contributed by atoms with E-state index >= 15 is 0 Å². The van der Waals surface area contributed by atoms with Gasteiger partial charge in [0.05, 0.1) is 11.8 Å². The van der Waals surface area contributed by atoms with Crippen LogP contribution in [0.25, 0.3) is 0 Å². The molecular formula is C18H22N2O5. The summed E-state index contributed by atoms with van der Waals surface area (Å²) in [5, 5.41) is 18.1. The first-order valence-electron chi connectivity index (χ1n) is 8.46. The van der Waals surface area contributed by atoms with Gasteiger partial charge in [-0.3, -0.25) is 19.3 Å². The van der Waals surface area contributed by atoms with Crippen molar-refractivity contribution < 1.29 is 24.6 Å². The van der Waals surface area contributed by atoms with Crippen LogP contribution in [0, 0.1) is 11.8 Å². The minimum atomic E-state index is -0.924. The standard InChI is InChI=1S/C18H22N2O5/c21-16-7-15(18(24)25)11-20(16)9-13-3-1-2-12(6-13)8-19-5-4-14(10-19)17(22)23/h1-3,6,14-15H,4-5,7-11H2,(H,22,23)(H,24,25). The van der Waals surface area contributed by atoms with Gasteiger partial charge in [0.25, 0.3) is 0 Å². The highest BCUT2D eigenvalue weighted by Gasteiger charge is 2.34. The van der Waals surface area contributed by atoms with E-state index in [2.05, 4.69) is 4.90 Å². The number of aliphatic carboxylic acids is 2. The van der Waals surface area contributed by atoms with Crippen LogP contribution in [0.3, 0.4) is 0 Å². The van der Waals surface area contributed by atoms with E-state index in [9.17, 15) is 14.4 Å². The SMILES string of the molecule is O=C(O)C1CCN(Cc2cccc(CN3CC(C(=O)O)CC3=O)c2)C1. The highest BCUT2D eigenvalue weighted by atomic mass is 16.4. The molecule has 2 aliphatic heterocycles. The van der Waals surface area contributed by atoms with Gasteiger partial charge in [0, 0.05) is 32.6 Å². The largest absolute Gasteiger partial charge is 0.481 e. The zero-order valence-electron chi connectivity index (χ0n) is 13.9. The molecule has 0 saturated carbocycles. The van der Waals surface area contributed by atoms with Crippen LogP contribution < -0.4 is 0 Å². The minimum Gasteiger partial charge on any atom is -0.481 e. The molecule has 2 N–H and O–H groups in total. The molecule has 134 valence electrons. The number of carboxylic acids is 2. The molecule has 2 unspecified atom stereocenters. The summed E-state index contributed by atoms with van der Waals surface area (Å²) in [6.45, 7) is 2.68. The second kappa shape index (κ2) is 7.23. The summed E-state index contributed by atoms with van der Waals surface area (Å²) >= 11 is 0. The summed E-state index contributed by atoms with van der Waals surface area (Å²) in [5.74, 6) is -2.70. The molecule has 2 aliphatic rings. The van der Waals surface area contributed by atoms with E-state index in [0.29, 0.717) is 26.1 Å². The highest BCUT2D eigenvalue weighted by Crippen LogP contribution is 2.22. The fourth-order valence-electron chi connectivity index (χ4n) is 3.57. The van der Waals surface area contributed by atoms with E-state index in [4.69, 9.17) is 10.2 Å². The van der Waals surface area contributed by atoms with E-state index < -0.39 is 17.9 Å². The first-order valence-corrected chi connectivity index (χ1v) is 8.46.